The quantitative estimate of drug-likeness (QED) is 0.520. The van der Waals surface area contributed by atoms with Gasteiger partial charge in [0.15, 0.2) is 0 Å². The van der Waals surface area contributed by atoms with Gasteiger partial charge in [0.2, 0.25) is 5.91 Å². The predicted molar refractivity (Wildman–Crippen MR) is 85.1 cm³/mol. The van der Waals surface area contributed by atoms with Crippen molar-refractivity contribution in [1.82, 2.24) is 5.32 Å². The molecule has 0 unspecified atom stereocenters. The third-order valence-corrected chi connectivity index (χ3v) is 3.26. The van der Waals surface area contributed by atoms with Gasteiger partial charge < -0.3 is 5.32 Å². The first-order chi connectivity index (χ1) is 11.0. The average molecular weight is 314 g/mol. The lowest BCUT2D eigenvalue weighted by Crippen LogP contribution is -2.24. The van der Waals surface area contributed by atoms with Crippen molar-refractivity contribution < 1.29 is 14.1 Å². The molecule has 2 aromatic rings. The third kappa shape index (κ3) is 4.74. The van der Waals surface area contributed by atoms with Crippen molar-refractivity contribution in [3.8, 4) is 0 Å². The maximum atomic E-state index is 12.9. The average Bonchev–Trinajstić information content (AvgIpc) is 2.54. The van der Waals surface area contributed by atoms with E-state index in [1.165, 1.54) is 30.3 Å². The zero-order valence-corrected chi connectivity index (χ0v) is 12.4. The van der Waals surface area contributed by atoms with Crippen LogP contribution in [0.5, 0.6) is 0 Å². The van der Waals surface area contributed by atoms with Crippen LogP contribution in [0.2, 0.25) is 0 Å². The standard InChI is InChI=1S/C17H15FN2O3/c1-12(14-5-7-15(18)8-6-14)19-17(21)11-4-13-2-9-16(10-3-13)20(22)23/h2-12H,1H3,(H,19,21)/b11-4+/t12-/m0/s1. The summed E-state index contributed by atoms with van der Waals surface area (Å²) in [6.45, 7) is 1.80. The molecule has 0 spiro atoms. The molecule has 118 valence electrons. The summed E-state index contributed by atoms with van der Waals surface area (Å²) in [5, 5.41) is 13.3. The summed E-state index contributed by atoms with van der Waals surface area (Å²) < 4.78 is 12.9. The molecule has 1 atom stereocenters. The molecule has 0 saturated carbocycles. The van der Waals surface area contributed by atoms with E-state index < -0.39 is 4.92 Å². The number of non-ortho nitro benzene ring substituents is 1. The first-order valence-electron chi connectivity index (χ1n) is 6.94. The number of nitro groups is 1. The van der Waals surface area contributed by atoms with E-state index in [-0.39, 0.29) is 23.5 Å². The van der Waals surface area contributed by atoms with Crippen LogP contribution in [0, 0.1) is 15.9 Å². The van der Waals surface area contributed by atoms with Crippen LogP contribution in [0.3, 0.4) is 0 Å². The minimum Gasteiger partial charge on any atom is -0.346 e. The van der Waals surface area contributed by atoms with Gasteiger partial charge in [0.25, 0.3) is 5.69 Å². The Morgan fingerprint density at radius 3 is 2.35 bits per heavy atom. The van der Waals surface area contributed by atoms with Gasteiger partial charge in [0.1, 0.15) is 5.82 Å². The second-order valence-electron chi connectivity index (χ2n) is 4.96. The van der Waals surface area contributed by atoms with E-state index in [1.807, 2.05) is 0 Å². The summed E-state index contributed by atoms with van der Waals surface area (Å²) in [7, 11) is 0. The van der Waals surface area contributed by atoms with Crippen LogP contribution in [-0.2, 0) is 4.79 Å². The molecule has 1 N–H and O–H groups in total. The minimum atomic E-state index is -0.482. The smallest absolute Gasteiger partial charge is 0.269 e. The maximum absolute atomic E-state index is 12.9. The van der Waals surface area contributed by atoms with Crippen molar-refractivity contribution in [1.29, 1.82) is 0 Å². The number of hydrogen-bond acceptors (Lipinski definition) is 3. The SMILES string of the molecule is C[C@H](NC(=O)/C=C/c1ccc([N+](=O)[O-])cc1)c1ccc(F)cc1. The molecule has 0 bridgehead atoms. The Kier molecular flexibility index (Phi) is 5.19. The topological polar surface area (TPSA) is 72.2 Å². The van der Waals surface area contributed by atoms with Gasteiger partial charge in [0, 0.05) is 18.2 Å². The molecule has 2 rings (SSSR count). The highest BCUT2D eigenvalue weighted by atomic mass is 19.1. The number of halogens is 1. The van der Waals surface area contributed by atoms with Crippen LogP contribution in [0.1, 0.15) is 24.1 Å². The van der Waals surface area contributed by atoms with Crippen LogP contribution in [0.4, 0.5) is 10.1 Å². The van der Waals surface area contributed by atoms with E-state index >= 15 is 0 Å². The van der Waals surface area contributed by atoms with Crippen LogP contribution >= 0.6 is 0 Å². The molecule has 6 heteroatoms. The molecule has 0 heterocycles. The molecule has 0 aromatic heterocycles. The molecule has 0 aliphatic rings. The van der Waals surface area contributed by atoms with E-state index in [4.69, 9.17) is 0 Å². The van der Waals surface area contributed by atoms with Crippen LogP contribution in [0.15, 0.2) is 54.6 Å². The van der Waals surface area contributed by atoms with Crippen molar-refractivity contribution in [3.05, 3.63) is 81.7 Å². The summed E-state index contributed by atoms with van der Waals surface area (Å²) in [5.41, 5.74) is 1.47. The molecule has 0 fully saturated rings. The van der Waals surface area contributed by atoms with Crippen molar-refractivity contribution >= 4 is 17.7 Å². The number of rotatable bonds is 5. The van der Waals surface area contributed by atoms with E-state index in [2.05, 4.69) is 5.32 Å². The number of nitrogens with zero attached hydrogens (tertiary/aromatic N) is 1. The summed E-state index contributed by atoms with van der Waals surface area (Å²) >= 11 is 0. The Labute approximate surface area is 132 Å². The van der Waals surface area contributed by atoms with Crippen LogP contribution in [-0.4, -0.2) is 10.8 Å². The summed E-state index contributed by atoms with van der Waals surface area (Å²) in [5.74, 6) is -0.634. The fraction of sp³-hybridized carbons (Fsp3) is 0.118. The Morgan fingerprint density at radius 1 is 1.17 bits per heavy atom. The monoisotopic (exact) mass is 314 g/mol. The predicted octanol–water partition coefficient (Wildman–Crippen LogP) is 3.62. The van der Waals surface area contributed by atoms with Gasteiger partial charge >= 0.3 is 0 Å². The molecule has 23 heavy (non-hydrogen) atoms. The Hall–Kier alpha value is -3.02. The van der Waals surface area contributed by atoms with Crippen molar-refractivity contribution in [2.24, 2.45) is 0 Å². The lowest BCUT2D eigenvalue weighted by Gasteiger charge is -2.12. The van der Waals surface area contributed by atoms with Gasteiger partial charge in [-0.05, 0) is 48.4 Å². The second kappa shape index (κ2) is 7.31. The first kappa shape index (κ1) is 16.4. The molecule has 2 aromatic carbocycles. The molecular weight excluding hydrogens is 299 g/mol. The molecule has 0 aliphatic heterocycles. The second-order valence-corrected chi connectivity index (χ2v) is 4.96. The van der Waals surface area contributed by atoms with Gasteiger partial charge in [-0.3, -0.25) is 14.9 Å². The Balaban J connectivity index is 1.95. The van der Waals surface area contributed by atoms with Gasteiger partial charge in [-0.1, -0.05) is 12.1 Å². The lowest BCUT2D eigenvalue weighted by molar-refractivity contribution is -0.384. The largest absolute Gasteiger partial charge is 0.346 e. The molecular formula is C17H15FN2O3. The number of nitrogens with one attached hydrogen (secondary N) is 1. The summed E-state index contributed by atoms with van der Waals surface area (Å²) in [6.07, 6.45) is 2.91. The van der Waals surface area contributed by atoms with E-state index in [0.29, 0.717) is 5.56 Å². The number of amides is 1. The molecule has 5 nitrogen and oxygen atoms in total. The van der Waals surface area contributed by atoms with Crippen molar-refractivity contribution in [3.63, 3.8) is 0 Å². The summed E-state index contributed by atoms with van der Waals surface area (Å²) in [4.78, 5) is 21.9. The zero-order valence-electron chi connectivity index (χ0n) is 12.4. The van der Waals surface area contributed by atoms with Gasteiger partial charge in [-0.25, -0.2) is 4.39 Å². The number of carbonyl (C=O) groups excluding carboxylic acids is 1. The molecule has 0 radical (unpaired) electrons. The van der Waals surface area contributed by atoms with Crippen LogP contribution < -0.4 is 5.32 Å². The van der Waals surface area contributed by atoms with E-state index in [0.717, 1.165) is 5.56 Å². The third-order valence-electron chi connectivity index (χ3n) is 3.26. The van der Waals surface area contributed by atoms with E-state index in [1.54, 1.807) is 37.3 Å². The fourth-order valence-electron chi connectivity index (χ4n) is 1.98. The minimum absolute atomic E-state index is 0.00321. The van der Waals surface area contributed by atoms with E-state index in [9.17, 15) is 19.3 Å². The first-order valence-corrected chi connectivity index (χ1v) is 6.94. The normalized spacial score (nSPS) is 12.1. The number of hydrogen-bond donors (Lipinski definition) is 1. The molecule has 1 amide bonds. The van der Waals surface area contributed by atoms with Gasteiger partial charge in [-0.15, -0.1) is 0 Å². The number of nitro benzene ring substituents is 1. The zero-order chi connectivity index (χ0) is 16.8. The molecule has 0 saturated heterocycles. The number of carbonyl (C=O) groups is 1. The highest BCUT2D eigenvalue weighted by molar-refractivity contribution is 5.92. The van der Waals surface area contributed by atoms with Crippen molar-refractivity contribution in [2.45, 2.75) is 13.0 Å². The highest BCUT2D eigenvalue weighted by Gasteiger charge is 2.07. The maximum Gasteiger partial charge on any atom is 0.269 e. The van der Waals surface area contributed by atoms with Gasteiger partial charge in [-0.2, -0.15) is 0 Å². The van der Waals surface area contributed by atoms with Crippen LogP contribution in [0.25, 0.3) is 6.08 Å². The van der Waals surface area contributed by atoms with Crippen molar-refractivity contribution in [2.75, 3.05) is 0 Å². The lowest BCUT2D eigenvalue weighted by atomic mass is 10.1. The Bertz CT molecular complexity index is 725. The fourth-order valence-corrected chi connectivity index (χ4v) is 1.98. The summed E-state index contributed by atoms with van der Waals surface area (Å²) in [6, 6.07) is 11.5. The number of benzene rings is 2. The Morgan fingerprint density at radius 2 is 1.78 bits per heavy atom. The molecule has 0 aliphatic carbocycles. The highest BCUT2D eigenvalue weighted by Crippen LogP contribution is 2.14. The van der Waals surface area contributed by atoms with Gasteiger partial charge in [0.05, 0.1) is 11.0 Å².